The van der Waals surface area contributed by atoms with Crippen LogP contribution in [0.4, 0.5) is 0 Å². The van der Waals surface area contributed by atoms with Crippen LogP contribution in [0.3, 0.4) is 0 Å². The molecule has 0 saturated heterocycles. The number of phenols is 1. The van der Waals surface area contributed by atoms with Crippen molar-refractivity contribution in [3.8, 4) is 11.6 Å². The fraction of sp³-hybridized carbons (Fsp3) is 0.148. The third-order valence-corrected chi connectivity index (χ3v) is 6.77. The van der Waals surface area contributed by atoms with E-state index in [1.807, 2.05) is 61.5 Å². The second-order valence-electron chi connectivity index (χ2n) is 8.62. The largest absolute Gasteiger partial charge is 0.508 e. The number of aromatic hydroxyl groups is 2. The molecule has 3 heterocycles. The first kappa shape index (κ1) is 19.5. The van der Waals surface area contributed by atoms with Gasteiger partial charge in [-0.05, 0) is 41.8 Å². The summed E-state index contributed by atoms with van der Waals surface area (Å²) in [5.41, 5.74) is 4.95. The quantitative estimate of drug-likeness (QED) is 0.376. The molecular formula is C27H23N3O3. The van der Waals surface area contributed by atoms with Crippen LogP contribution in [0.15, 0.2) is 83.7 Å². The van der Waals surface area contributed by atoms with Crippen LogP contribution in [-0.2, 0) is 6.42 Å². The average molecular weight is 437 g/mol. The smallest absolute Gasteiger partial charge is 0.332 e. The highest BCUT2D eigenvalue weighted by molar-refractivity contribution is 5.86. The standard InChI is InChI=1S/C27H23N3O3/c1-16(17-8-3-2-4-9-17)29-26(32)23-15-21-20-12-5-6-13-22(20)28-24(21)25(30(23)27(29)33)18-10-7-11-19(31)14-18/h2-14,16,25,28,31-32H,15H2,1H3. The first-order chi connectivity index (χ1) is 16.0. The molecular weight excluding hydrogens is 414 g/mol. The van der Waals surface area contributed by atoms with Gasteiger partial charge in [-0.15, -0.1) is 0 Å². The topological polar surface area (TPSA) is 83.2 Å². The van der Waals surface area contributed by atoms with E-state index in [-0.39, 0.29) is 23.4 Å². The van der Waals surface area contributed by atoms with Gasteiger partial charge in [0.1, 0.15) is 11.8 Å². The van der Waals surface area contributed by atoms with Crippen molar-refractivity contribution in [1.82, 2.24) is 14.1 Å². The zero-order valence-corrected chi connectivity index (χ0v) is 18.1. The molecule has 0 radical (unpaired) electrons. The number of para-hydroxylation sites is 1. The van der Waals surface area contributed by atoms with Crippen molar-refractivity contribution in [2.24, 2.45) is 0 Å². The highest BCUT2D eigenvalue weighted by Crippen LogP contribution is 2.42. The van der Waals surface area contributed by atoms with E-state index in [0.29, 0.717) is 12.1 Å². The first-order valence-electron chi connectivity index (χ1n) is 11.0. The van der Waals surface area contributed by atoms with Gasteiger partial charge in [-0.25, -0.2) is 4.79 Å². The van der Waals surface area contributed by atoms with E-state index in [0.717, 1.165) is 33.3 Å². The molecule has 2 atom stereocenters. The summed E-state index contributed by atoms with van der Waals surface area (Å²) in [5, 5.41) is 22.6. The number of rotatable bonds is 3. The number of nitrogens with one attached hydrogen (secondary N) is 1. The van der Waals surface area contributed by atoms with Gasteiger partial charge in [0.25, 0.3) is 0 Å². The lowest BCUT2D eigenvalue weighted by atomic mass is 9.93. The number of hydrogen-bond donors (Lipinski definition) is 3. The summed E-state index contributed by atoms with van der Waals surface area (Å²) >= 11 is 0. The number of benzene rings is 3. The molecule has 1 aliphatic rings. The van der Waals surface area contributed by atoms with Crippen molar-refractivity contribution in [2.45, 2.75) is 25.4 Å². The van der Waals surface area contributed by atoms with Gasteiger partial charge in [-0.3, -0.25) is 9.13 Å². The molecule has 0 amide bonds. The minimum atomic E-state index is -0.495. The zero-order valence-electron chi connectivity index (χ0n) is 18.1. The Morgan fingerprint density at radius 2 is 1.73 bits per heavy atom. The van der Waals surface area contributed by atoms with E-state index in [4.69, 9.17) is 0 Å². The summed E-state index contributed by atoms with van der Waals surface area (Å²) < 4.78 is 3.13. The van der Waals surface area contributed by atoms with Crippen molar-refractivity contribution in [2.75, 3.05) is 0 Å². The molecule has 0 fully saturated rings. The number of fused-ring (bicyclic) bond motifs is 4. The van der Waals surface area contributed by atoms with Crippen LogP contribution >= 0.6 is 0 Å². The monoisotopic (exact) mass is 437 g/mol. The lowest BCUT2D eigenvalue weighted by Gasteiger charge is -2.26. The molecule has 6 nitrogen and oxygen atoms in total. The van der Waals surface area contributed by atoms with Gasteiger partial charge in [0.15, 0.2) is 0 Å². The second-order valence-corrected chi connectivity index (χ2v) is 8.62. The van der Waals surface area contributed by atoms with Gasteiger partial charge in [0.2, 0.25) is 5.88 Å². The van der Waals surface area contributed by atoms with Crippen LogP contribution in [0.5, 0.6) is 11.6 Å². The molecule has 6 heteroatoms. The number of phenolic OH excluding ortho intramolecular Hbond substituents is 1. The minimum Gasteiger partial charge on any atom is -0.508 e. The highest BCUT2D eigenvalue weighted by Gasteiger charge is 2.36. The van der Waals surface area contributed by atoms with Crippen LogP contribution in [0, 0.1) is 0 Å². The Bertz CT molecular complexity index is 1560. The molecule has 0 bridgehead atoms. The lowest BCUT2D eigenvalue weighted by Crippen LogP contribution is -2.33. The van der Waals surface area contributed by atoms with Crippen molar-refractivity contribution in [3.05, 3.63) is 117 Å². The number of H-pyrrole nitrogens is 1. The zero-order chi connectivity index (χ0) is 22.7. The summed E-state index contributed by atoms with van der Waals surface area (Å²) in [5.74, 6) is 0.115. The van der Waals surface area contributed by atoms with Crippen LogP contribution in [0.2, 0.25) is 0 Å². The maximum Gasteiger partial charge on any atom is 0.332 e. The summed E-state index contributed by atoms with van der Waals surface area (Å²) in [6.45, 7) is 1.92. The molecule has 3 N–H and O–H groups in total. The van der Waals surface area contributed by atoms with Crippen molar-refractivity contribution in [1.29, 1.82) is 0 Å². The third kappa shape index (κ3) is 2.84. The molecule has 6 rings (SSSR count). The van der Waals surface area contributed by atoms with Gasteiger partial charge < -0.3 is 15.2 Å². The van der Waals surface area contributed by atoms with Gasteiger partial charge in [0.05, 0.1) is 11.7 Å². The maximum absolute atomic E-state index is 13.8. The van der Waals surface area contributed by atoms with Crippen LogP contribution in [0.25, 0.3) is 10.9 Å². The van der Waals surface area contributed by atoms with Gasteiger partial charge in [0, 0.05) is 23.0 Å². The van der Waals surface area contributed by atoms with Crippen LogP contribution < -0.4 is 5.69 Å². The fourth-order valence-electron chi connectivity index (χ4n) is 5.18. The summed E-state index contributed by atoms with van der Waals surface area (Å²) in [6.07, 6.45) is 0.435. The number of hydrogen-bond acceptors (Lipinski definition) is 3. The average Bonchev–Trinajstić information content (AvgIpc) is 3.32. The van der Waals surface area contributed by atoms with E-state index in [9.17, 15) is 15.0 Å². The second kappa shape index (κ2) is 7.17. The predicted octanol–water partition coefficient (Wildman–Crippen LogP) is 4.69. The Morgan fingerprint density at radius 3 is 2.52 bits per heavy atom. The number of nitrogens with zero attached hydrogens (tertiary/aromatic N) is 2. The Kier molecular flexibility index (Phi) is 4.23. The van der Waals surface area contributed by atoms with Crippen LogP contribution in [-0.4, -0.2) is 24.3 Å². The van der Waals surface area contributed by atoms with E-state index in [2.05, 4.69) is 11.1 Å². The summed E-state index contributed by atoms with van der Waals surface area (Å²) in [6, 6.07) is 23.9. The Hall–Kier alpha value is -4.19. The van der Waals surface area contributed by atoms with Crippen LogP contribution in [0.1, 0.15) is 47.1 Å². The van der Waals surface area contributed by atoms with E-state index in [1.165, 1.54) is 4.57 Å². The molecule has 1 aliphatic heterocycles. The lowest BCUT2D eigenvalue weighted by molar-refractivity contribution is 0.398. The summed E-state index contributed by atoms with van der Waals surface area (Å²) in [7, 11) is 0. The number of aromatic nitrogens is 3. The summed E-state index contributed by atoms with van der Waals surface area (Å²) in [4.78, 5) is 17.3. The Balaban J connectivity index is 1.63. The van der Waals surface area contributed by atoms with Crippen molar-refractivity contribution < 1.29 is 10.2 Å². The van der Waals surface area contributed by atoms with Gasteiger partial charge in [-0.2, -0.15) is 0 Å². The Morgan fingerprint density at radius 1 is 0.970 bits per heavy atom. The molecule has 5 aromatic rings. The number of imidazole rings is 1. The minimum absolute atomic E-state index is 0.0163. The molecule has 2 aromatic heterocycles. The normalized spacial score (nSPS) is 15.8. The molecule has 33 heavy (non-hydrogen) atoms. The number of aromatic amines is 1. The molecule has 0 spiro atoms. The van der Waals surface area contributed by atoms with E-state index < -0.39 is 6.04 Å². The van der Waals surface area contributed by atoms with Crippen molar-refractivity contribution in [3.63, 3.8) is 0 Å². The van der Waals surface area contributed by atoms with Gasteiger partial charge >= 0.3 is 5.69 Å². The van der Waals surface area contributed by atoms with Crippen molar-refractivity contribution >= 4 is 10.9 Å². The Labute approximate surface area is 190 Å². The predicted molar refractivity (Wildman–Crippen MR) is 127 cm³/mol. The first-order valence-corrected chi connectivity index (χ1v) is 11.0. The fourth-order valence-corrected chi connectivity index (χ4v) is 5.18. The molecule has 3 aromatic carbocycles. The third-order valence-electron chi connectivity index (χ3n) is 6.77. The van der Waals surface area contributed by atoms with Gasteiger partial charge in [-0.1, -0.05) is 60.7 Å². The van der Waals surface area contributed by atoms with E-state index in [1.54, 1.807) is 22.8 Å². The highest BCUT2D eigenvalue weighted by atomic mass is 16.3. The molecule has 2 unspecified atom stereocenters. The maximum atomic E-state index is 13.8. The molecule has 0 saturated carbocycles. The SMILES string of the molecule is CC(c1ccccc1)n1c(O)c2n(c1=O)C(c1cccc(O)c1)c1[nH]c3ccccc3c1C2. The van der Waals surface area contributed by atoms with E-state index >= 15 is 0 Å². The molecule has 0 aliphatic carbocycles. The molecule has 164 valence electrons.